The Bertz CT molecular complexity index is 1560. The number of carbonyl (C=O) groups is 1. The van der Waals surface area contributed by atoms with Crippen molar-refractivity contribution in [1.82, 2.24) is 13.9 Å². The molecule has 9 heteroatoms. The first-order valence-electron chi connectivity index (χ1n) is 10.9. The number of nitrogens with zero attached hydrogens (tertiary/aromatic N) is 2. The average Bonchev–Trinajstić information content (AvgIpc) is 3.35. The van der Waals surface area contributed by atoms with Gasteiger partial charge in [0.15, 0.2) is 0 Å². The van der Waals surface area contributed by atoms with E-state index in [0.29, 0.717) is 12.1 Å². The lowest BCUT2D eigenvalue weighted by Crippen LogP contribution is -2.36. The monoisotopic (exact) mass is 493 g/mol. The minimum Gasteiger partial charge on any atom is -0.291 e. The molecule has 1 unspecified atom stereocenters. The lowest BCUT2D eigenvalue weighted by atomic mass is 9.96. The Hall–Kier alpha value is -3.30. The van der Waals surface area contributed by atoms with Gasteiger partial charge in [0.2, 0.25) is 0 Å². The van der Waals surface area contributed by atoms with Crippen LogP contribution in [0.2, 0.25) is 0 Å². The predicted molar refractivity (Wildman–Crippen MR) is 133 cm³/mol. The molecule has 34 heavy (non-hydrogen) atoms. The molecule has 3 aromatic carbocycles. The summed E-state index contributed by atoms with van der Waals surface area (Å²) in [7, 11) is -4.02. The van der Waals surface area contributed by atoms with Gasteiger partial charge in [0, 0.05) is 23.1 Å². The number of thioether (sulfide) groups is 1. The number of hydrogen-bond donors (Lipinski definition) is 1. The largest absolute Gasteiger partial charge is 0.329 e. The first-order valence-corrected chi connectivity index (χ1v) is 13.3. The third kappa shape index (κ3) is 4.05. The second-order valence-electron chi connectivity index (χ2n) is 8.30. The van der Waals surface area contributed by atoms with Crippen molar-refractivity contribution in [3.8, 4) is 0 Å². The molecular formula is C25H23N3O4S2. The zero-order chi connectivity index (χ0) is 23.9. The molecule has 0 saturated heterocycles. The molecule has 4 aromatic rings. The number of aryl methyl sites for hydroxylation is 1. The lowest BCUT2D eigenvalue weighted by molar-refractivity contribution is -0.119. The molecule has 1 aliphatic rings. The maximum atomic E-state index is 13.4. The quantitative estimate of drug-likeness (QED) is 0.444. The van der Waals surface area contributed by atoms with Crippen LogP contribution in [0, 0.1) is 6.92 Å². The molecule has 0 saturated carbocycles. The average molecular weight is 494 g/mol. The van der Waals surface area contributed by atoms with Gasteiger partial charge in [-0.05, 0) is 48.4 Å². The van der Waals surface area contributed by atoms with Crippen LogP contribution < -0.4 is 10.4 Å². The van der Waals surface area contributed by atoms with E-state index in [9.17, 15) is 18.0 Å². The van der Waals surface area contributed by atoms with Gasteiger partial charge in [-0.1, -0.05) is 42.5 Å². The third-order valence-electron chi connectivity index (χ3n) is 6.06. The number of amides is 1. The number of fused-ring (bicyclic) bond motifs is 2. The van der Waals surface area contributed by atoms with Crippen LogP contribution in [0.15, 0.2) is 87.4 Å². The Balaban J connectivity index is 1.46. The van der Waals surface area contributed by atoms with E-state index in [4.69, 9.17) is 0 Å². The second-order valence-corrected chi connectivity index (χ2v) is 11.0. The van der Waals surface area contributed by atoms with E-state index in [1.807, 2.05) is 18.2 Å². The van der Waals surface area contributed by atoms with Gasteiger partial charge in [-0.15, -0.1) is 11.8 Å². The summed E-state index contributed by atoms with van der Waals surface area (Å²) in [6.07, 6.45) is 0. The third-order valence-corrected chi connectivity index (χ3v) is 8.69. The number of rotatable bonds is 6. The molecule has 0 bridgehead atoms. The topological polar surface area (TPSA) is 90.2 Å². The van der Waals surface area contributed by atoms with Crippen LogP contribution in [0.3, 0.4) is 0 Å². The molecule has 1 aromatic heterocycles. The number of nitrogens with one attached hydrogen (secondary N) is 1. The molecule has 0 radical (unpaired) electrons. The molecule has 2 heterocycles. The summed E-state index contributed by atoms with van der Waals surface area (Å²) in [5, 5.41) is 0. The van der Waals surface area contributed by atoms with Crippen molar-refractivity contribution < 1.29 is 13.2 Å². The van der Waals surface area contributed by atoms with Gasteiger partial charge in [0.25, 0.3) is 15.9 Å². The van der Waals surface area contributed by atoms with Crippen LogP contribution in [0.5, 0.6) is 0 Å². The van der Waals surface area contributed by atoms with Crippen molar-refractivity contribution in [2.45, 2.75) is 35.7 Å². The minimum atomic E-state index is -4.02. The molecule has 1 aliphatic heterocycles. The van der Waals surface area contributed by atoms with E-state index < -0.39 is 22.5 Å². The van der Waals surface area contributed by atoms with E-state index in [1.54, 1.807) is 46.7 Å². The van der Waals surface area contributed by atoms with Gasteiger partial charge >= 0.3 is 5.69 Å². The normalized spacial score (nSPS) is 15.4. The van der Waals surface area contributed by atoms with Crippen LogP contribution in [-0.4, -0.2) is 29.2 Å². The van der Waals surface area contributed by atoms with E-state index in [1.165, 1.54) is 32.7 Å². The van der Waals surface area contributed by atoms with Crippen LogP contribution in [0.25, 0.3) is 11.0 Å². The number of sulfonamides is 1. The molecule has 5 rings (SSSR count). The van der Waals surface area contributed by atoms with Gasteiger partial charge < -0.3 is 0 Å². The summed E-state index contributed by atoms with van der Waals surface area (Å²) in [4.78, 5) is 27.4. The van der Waals surface area contributed by atoms with Crippen LogP contribution in [0.4, 0.5) is 0 Å². The van der Waals surface area contributed by atoms with E-state index in [-0.39, 0.29) is 16.5 Å². The highest BCUT2D eigenvalue weighted by Crippen LogP contribution is 2.42. The fourth-order valence-electron chi connectivity index (χ4n) is 4.53. The molecular weight excluding hydrogens is 470 g/mol. The standard InChI is InChI=1S/C25H23N3O4S2/c1-17-8-7-13-22-24(17)18(16-33-22)14-27-20-11-5-6-12-21(20)28(25(27)30)15-23(29)26-34(31,32)19-9-3-2-4-10-19/h2-13,18H,14-16H2,1H3,(H,26,29). The number of hydrogen-bond acceptors (Lipinski definition) is 5. The fourth-order valence-corrected chi connectivity index (χ4v) is 6.84. The van der Waals surface area contributed by atoms with E-state index in [0.717, 1.165) is 11.3 Å². The fraction of sp³-hybridized carbons (Fsp3) is 0.200. The molecule has 0 fully saturated rings. The summed E-state index contributed by atoms with van der Waals surface area (Å²) >= 11 is 1.79. The molecule has 174 valence electrons. The number of carbonyl (C=O) groups excluding carboxylic acids is 1. The zero-order valence-electron chi connectivity index (χ0n) is 18.5. The molecule has 1 amide bonds. The summed E-state index contributed by atoms with van der Waals surface area (Å²) in [6.45, 7) is 2.18. The Kier molecular flexibility index (Phi) is 5.83. The van der Waals surface area contributed by atoms with Crippen molar-refractivity contribution in [2.75, 3.05) is 5.75 Å². The van der Waals surface area contributed by atoms with E-state index >= 15 is 0 Å². The van der Waals surface area contributed by atoms with Gasteiger partial charge in [-0.2, -0.15) is 0 Å². The number of aromatic nitrogens is 2. The Morgan fingerprint density at radius 2 is 1.65 bits per heavy atom. The SMILES string of the molecule is Cc1cccc2c1C(Cn1c(=O)n(CC(=O)NS(=O)(=O)c3ccccc3)c3ccccc31)CS2. The highest BCUT2D eigenvalue weighted by molar-refractivity contribution is 7.99. The molecule has 7 nitrogen and oxygen atoms in total. The zero-order valence-corrected chi connectivity index (χ0v) is 20.1. The van der Waals surface area contributed by atoms with Gasteiger partial charge in [-0.25, -0.2) is 17.9 Å². The predicted octanol–water partition coefficient (Wildman–Crippen LogP) is 3.51. The first-order chi connectivity index (χ1) is 16.3. The van der Waals surface area contributed by atoms with Crippen molar-refractivity contribution >= 4 is 38.7 Å². The number of imidazole rings is 1. The summed E-state index contributed by atoms with van der Waals surface area (Å²) in [5.41, 5.74) is 3.45. The van der Waals surface area contributed by atoms with Crippen LogP contribution >= 0.6 is 11.8 Å². The highest BCUT2D eigenvalue weighted by Gasteiger charge is 2.27. The Morgan fingerprint density at radius 3 is 2.38 bits per heavy atom. The first kappa shape index (κ1) is 22.5. The highest BCUT2D eigenvalue weighted by atomic mass is 32.2. The molecule has 0 spiro atoms. The molecule has 1 N–H and O–H groups in total. The van der Waals surface area contributed by atoms with Crippen molar-refractivity contribution in [3.05, 3.63) is 94.4 Å². The smallest absolute Gasteiger partial charge is 0.291 e. The van der Waals surface area contributed by atoms with Gasteiger partial charge in [0.05, 0.1) is 15.9 Å². The number of benzene rings is 3. The van der Waals surface area contributed by atoms with E-state index in [2.05, 4.69) is 23.8 Å². The number of para-hydroxylation sites is 2. The van der Waals surface area contributed by atoms with Gasteiger partial charge in [0.1, 0.15) is 6.54 Å². The van der Waals surface area contributed by atoms with Crippen molar-refractivity contribution in [2.24, 2.45) is 0 Å². The maximum absolute atomic E-state index is 13.4. The van der Waals surface area contributed by atoms with Gasteiger partial charge in [-0.3, -0.25) is 13.9 Å². The molecule has 0 aliphatic carbocycles. The summed E-state index contributed by atoms with van der Waals surface area (Å²) in [6, 6.07) is 21.2. The summed E-state index contributed by atoms with van der Waals surface area (Å²) < 4.78 is 30.2. The van der Waals surface area contributed by atoms with Crippen LogP contribution in [-0.2, 0) is 27.9 Å². The van der Waals surface area contributed by atoms with Crippen molar-refractivity contribution in [3.63, 3.8) is 0 Å². The van der Waals surface area contributed by atoms with Crippen LogP contribution in [0.1, 0.15) is 17.0 Å². The molecule has 1 atom stereocenters. The minimum absolute atomic E-state index is 0.00843. The second kappa shape index (κ2) is 8.81. The van der Waals surface area contributed by atoms with Crippen molar-refractivity contribution in [1.29, 1.82) is 0 Å². The summed E-state index contributed by atoms with van der Waals surface area (Å²) in [5.74, 6) is 0.277. The maximum Gasteiger partial charge on any atom is 0.329 e. The Morgan fingerprint density at radius 1 is 0.971 bits per heavy atom. The lowest BCUT2D eigenvalue weighted by Gasteiger charge is -2.14. The Labute approximate surface area is 201 Å².